The molecule has 2 N–H and O–H groups in total. The second-order valence-electron chi connectivity index (χ2n) is 10.9. The Morgan fingerprint density at radius 3 is 2.50 bits per heavy atom. The summed E-state index contributed by atoms with van der Waals surface area (Å²) in [7, 11) is 0. The Morgan fingerprint density at radius 2 is 1.73 bits per heavy atom. The molecule has 0 spiro atoms. The van der Waals surface area contributed by atoms with E-state index in [0.717, 1.165) is 51.2 Å². The van der Waals surface area contributed by atoms with Crippen LogP contribution in [0.2, 0.25) is 0 Å². The lowest BCUT2D eigenvalue weighted by molar-refractivity contribution is -0.137. The Kier molecular flexibility index (Phi) is 7.85. The van der Waals surface area contributed by atoms with E-state index in [4.69, 9.17) is 12.2 Å². The summed E-state index contributed by atoms with van der Waals surface area (Å²) in [6, 6.07) is 25.9. The number of fused-ring (bicyclic) bond motifs is 1. The van der Waals surface area contributed by atoms with Crippen molar-refractivity contribution in [2.24, 2.45) is 0 Å². The molecule has 1 amide bonds. The lowest BCUT2D eigenvalue weighted by Crippen LogP contribution is -2.33. The first-order valence-corrected chi connectivity index (χ1v) is 14.6. The van der Waals surface area contributed by atoms with Gasteiger partial charge in [0.1, 0.15) is 0 Å². The summed E-state index contributed by atoms with van der Waals surface area (Å²) in [4.78, 5) is 19.8. The van der Waals surface area contributed by atoms with Crippen LogP contribution in [0.5, 0.6) is 0 Å². The van der Waals surface area contributed by atoms with E-state index in [-0.39, 0.29) is 24.4 Å². The molecule has 1 aliphatic rings. The molecule has 1 aliphatic heterocycles. The lowest BCUT2D eigenvalue weighted by Gasteiger charge is -2.28. The zero-order valence-electron chi connectivity index (χ0n) is 24.1. The molecule has 2 aromatic heterocycles. The second kappa shape index (κ2) is 11.8. The molecular weight excluding hydrogens is 583 g/mol. The Balaban J connectivity index is 1.32. The average Bonchev–Trinajstić information content (AvgIpc) is 3.50. The second-order valence-corrected chi connectivity index (χ2v) is 11.2. The molecule has 5 aromatic rings. The van der Waals surface area contributed by atoms with E-state index < -0.39 is 11.7 Å². The molecule has 0 radical (unpaired) electrons. The Bertz CT molecular complexity index is 1850. The van der Waals surface area contributed by atoms with Gasteiger partial charge < -0.3 is 20.1 Å². The number of hydrogen-bond acceptors (Lipinski definition) is 3. The third kappa shape index (κ3) is 5.65. The number of halogens is 3. The number of nitrogens with zero attached hydrogens (tertiary/aromatic N) is 3. The van der Waals surface area contributed by atoms with Gasteiger partial charge in [-0.1, -0.05) is 48.5 Å². The summed E-state index contributed by atoms with van der Waals surface area (Å²) in [5.74, 6) is -0.154. The first-order chi connectivity index (χ1) is 21.1. The third-order valence-electron chi connectivity index (χ3n) is 8.06. The fraction of sp³-hybridized carbons (Fsp3) is 0.206. The van der Waals surface area contributed by atoms with Gasteiger partial charge in [-0.25, -0.2) is 0 Å². The monoisotopic (exact) mass is 613 g/mol. The number of nitrogens with one attached hydrogen (secondary N) is 2. The number of hydrogen-bond donors (Lipinski definition) is 2. The molecule has 2 unspecified atom stereocenters. The predicted molar refractivity (Wildman–Crippen MR) is 170 cm³/mol. The van der Waals surface area contributed by atoms with Gasteiger partial charge in [0.15, 0.2) is 5.11 Å². The van der Waals surface area contributed by atoms with E-state index in [1.807, 2.05) is 90.0 Å². The fourth-order valence-electron chi connectivity index (χ4n) is 6.06. The highest BCUT2D eigenvalue weighted by Gasteiger charge is 2.41. The maximum atomic E-state index is 13.6. The van der Waals surface area contributed by atoms with E-state index in [0.29, 0.717) is 17.3 Å². The smallest absolute Gasteiger partial charge is 0.352 e. The van der Waals surface area contributed by atoms with Crippen molar-refractivity contribution in [1.82, 2.24) is 19.8 Å². The van der Waals surface area contributed by atoms with E-state index in [1.165, 1.54) is 6.07 Å². The third-order valence-corrected chi connectivity index (χ3v) is 8.41. The van der Waals surface area contributed by atoms with Crippen molar-refractivity contribution in [3.63, 3.8) is 0 Å². The predicted octanol–water partition coefficient (Wildman–Crippen LogP) is 7.66. The Labute approximate surface area is 258 Å². The Hall–Kier alpha value is -4.70. The summed E-state index contributed by atoms with van der Waals surface area (Å²) in [6.45, 7) is 4.09. The lowest BCUT2D eigenvalue weighted by atomic mass is 9.96. The van der Waals surface area contributed by atoms with Crippen molar-refractivity contribution < 1.29 is 18.0 Å². The van der Waals surface area contributed by atoms with E-state index in [1.54, 1.807) is 12.3 Å². The van der Waals surface area contributed by atoms with Crippen molar-refractivity contribution in [3.05, 3.63) is 125 Å². The number of rotatable bonds is 7. The van der Waals surface area contributed by atoms with E-state index in [2.05, 4.69) is 15.6 Å². The number of anilines is 1. The summed E-state index contributed by atoms with van der Waals surface area (Å²) < 4.78 is 42.5. The molecule has 1 saturated heterocycles. The van der Waals surface area contributed by atoms with Crippen molar-refractivity contribution in [1.29, 1.82) is 0 Å². The topological polar surface area (TPSA) is 62.2 Å². The van der Waals surface area contributed by atoms with Crippen LogP contribution in [0.25, 0.3) is 16.5 Å². The summed E-state index contributed by atoms with van der Waals surface area (Å²) in [5.41, 5.74) is 3.67. The van der Waals surface area contributed by atoms with Crippen molar-refractivity contribution in [3.8, 4) is 5.69 Å². The number of aryl methyl sites for hydroxylation is 1. The van der Waals surface area contributed by atoms with Crippen LogP contribution in [0.15, 0.2) is 97.2 Å². The number of carbonyl (C=O) groups is 1. The molecule has 224 valence electrons. The number of amides is 1. The van der Waals surface area contributed by atoms with Crippen molar-refractivity contribution in [2.75, 3.05) is 11.9 Å². The quantitative estimate of drug-likeness (QED) is 0.185. The zero-order chi connectivity index (χ0) is 31.0. The Morgan fingerprint density at radius 1 is 0.977 bits per heavy atom. The van der Waals surface area contributed by atoms with Crippen LogP contribution in [-0.2, 0) is 11.0 Å². The molecule has 3 aromatic carbocycles. The van der Waals surface area contributed by atoms with Gasteiger partial charge in [-0.3, -0.25) is 9.78 Å². The molecule has 0 saturated carbocycles. The van der Waals surface area contributed by atoms with Crippen LogP contribution >= 0.6 is 12.2 Å². The first-order valence-electron chi connectivity index (χ1n) is 14.2. The molecule has 3 heterocycles. The van der Waals surface area contributed by atoms with Gasteiger partial charge in [-0.15, -0.1) is 0 Å². The van der Waals surface area contributed by atoms with Gasteiger partial charge in [0.2, 0.25) is 5.91 Å². The molecule has 1 fully saturated rings. The van der Waals surface area contributed by atoms with E-state index >= 15 is 0 Å². The van der Waals surface area contributed by atoms with Crippen LogP contribution < -0.4 is 10.6 Å². The highest BCUT2D eigenvalue weighted by atomic mass is 32.1. The molecule has 10 heteroatoms. The number of aromatic nitrogens is 2. The number of thiocarbonyl (C=S) groups is 1. The number of carbonyl (C=O) groups excluding carboxylic acids is 1. The molecule has 2 atom stereocenters. The molecule has 0 bridgehead atoms. The number of benzene rings is 3. The van der Waals surface area contributed by atoms with Gasteiger partial charge >= 0.3 is 6.18 Å². The van der Waals surface area contributed by atoms with Crippen LogP contribution in [0.1, 0.15) is 46.7 Å². The van der Waals surface area contributed by atoms with Crippen LogP contribution in [0, 0.1) is 13.8 Å². The van der Waals surface area contributed by atoms with Crippen LogP contribution in [0.4, 0.5) is 18.9 Å². The largest absolute Gasteiger partial charge is 0.416 e. The van der Waals surface area contributed by atoms with Crippen molar-refractivity contribution >= 4 is 39.7 Å². The van der Waals surface area contributed by atoms with Gasteiger partial charge in [-0.2, -0.15) is 13.2 Å². The molecule has 0 aliphatic carbocycles. The number of alkyl halides is 3. The van der Waals surface area contributed by atoms with Gasteiger partial charge in [0.05, 0.1) is 23.3 Å². The summed E-state index contributed by atoms with van der Waals surface area (Å²) in [6.07, 6.45) is -2.57. The molecular formula is C34H30F3N5OS. The standard InChI is InChI=1S/C34H30F3N5OS/c1-21-19-27(22(2)42(21)25-12-8-11-24(20-25)34(35,36)37)32-31(29-14-5-6-17-38-29)40-33(44)41(32)18-16-30(43)39-28-15-7-10-23-9-3-4-13-26(23)28/h3-15,17,19-20,31-32H,16,18H2,1-2H3,(H,39,43)(H,40,44). The highest BCUT2D eigenvalue weighted by molar-refractivity contribution is 7.80. The summed E-state index contributed by atoms with van der Waals surface area (Å²) >= 11 is 5.80. The molecule has 6 nitrogen and oxygen atoms in total. The van der Waals surface area contributed by atoms with Gasteiger partial charge in [-0.05, 0) is 79.5 Å². The average molecular weight is 614 g/mol. The minimum absolute atomic E-state index is 0.154. The SMILES string of the molecule is Cc1cc(C2C(c3ccccn3)NC(=S)N2CCC(=O)Nc2cccc3ccccc23)c(C)n1-c1cccc(C(F)(F)F)c1. The van der Waals surface area contributed by atoms with Crippen LogP contribution in [-0.4, -0.2) is 32.0 Å². The number of pyridine rings is 1. The zero-order valence-corrected chi connectivity index (χ0v) is 24.9. The van der Waals surface area contributed by atoms with Crippen molar-refractivity contribution in [2.45, 2.75) is 38.5 Å². The molecule has 44 heavy (non-hydrogen) atoms. The van der Waals surface area contributed by atoms with Gasteiger partial charge in [0.25, 0.3) is 0 Å². The van der Waals surface area contributed by atoms with E-state index in [9.17, 15) is 18.0 Å². The normalized spacial score (nSPS) is 16.8. The highest BCUT2D eigenvalue weighted by Crippen LogP contribution is 2.42. The van der Waals surface area contributed by atoms with Gasteiger partial charge in [0, 0.05) is 47.3 Å². The fourth-order valence-corrected chi connectivity index (χ4v) is 6.39. The minimum atomic E-state index is -4.46. The molecule has 6 rings (SSSR count). The maximum Gasteiger partial charge on any atom is 0.416 e. The minimum Gasteiger partial charge on any atom is -0.352 e. The first kappa shape index (κ1) is 29.4. The van der Waals surface area contributed by atoms with Crippen LogP contribution in [0.3, 0.4) is 0 Å². The maximum absolute atomic E-state index is 13.6. The summed E-state index contributed by atoms with van der Waals surface area (Å²) in [5, 5.41) is 8.91.